The largest absolute Gasteiger partial charge is 0.340 e. The first-order chi connectivity index (χ1) is 11.7. The summed E-state index contributed by atoms with van der Waals surface area (Å²) in [5.74, 6) is 2.10. The van der Waals surface area contributed by atoms with Gasteiger partial charge in [0.15, 0.2) is 5.82 Å². The van der Waals surface area contributed by atoms with E-state index < -0.39 is 0 Å². The van der Waals surface area contributed by atoms with Crippen molar-refractivity contribution >= 4 is 17.3 Å². The minimum absolute atomic E-state index is 0.588. The maximum Gasteiger partial charge on any atom is 0.254 e. The molecule has 0 atom stereocenters. The molecule has 5 heteroatoms. The predicted molar refractivity (Wildman–Crippen MR) is 95.4 cm³/mol. The monoisotopic (exact) mass is 315 g/mol. The van der Waals surface area contributed by atoms with Crippen molar-refractivity contribution in [2.24, 2.45) is 0 Å². The Kier molecular flexibility index (Phi) is 3.46. The van der Waals surface area contributed by atoms with Crippen LogP contribution in [0.25, 0.3) is 17.2 Å². The Labute approximate surface area is 140 Å². The number of nitrogens with zero attached hydrogens (tertiary/aromatic N) is 4. The van der Waals surface area contributed by atoms with Gasteiger partial charge in [-0.25, -0.2) is 4.98 Å². The molecule has 5 nitrogen and oxygen atoms in total. The zero-order valence-corrected chi connectivity index (χ0v) is 13.6. The highest BCUT2D eigenvalue weighted by atomic mass is 15.4. The molecule has 24 heavy (non-hydrogen) atoms. The number of aromatic nitrogens is 4. The quantitative estimate of drug-likeness (QED) is 0.617. The molecule has 0 radical (unpaired) electrons. The lowest BCUT2D eigenvalue weighted by Crippen LogP contribution is -2.02. The van der Waals surface area contributed by atoms with Crippen LogP contribution in [0.3, 0.4) is 0 Å². The Balaban J connectivity index is 1.83. The van der Waals surface area contributed by atoms with E-state index in [1.54, 1.807) is 4.52 Å². The Morgan fingerprint density at radius 2 is 1.71 bits per heavy atom. The molecule has 2 aromatic heterocycles. The lowest BCUT2D eigenvalue weighted by atomic mass is 10.1. The molecule has 4 aromatic rings. The first kappa shape index (κ1) is 14.4. The number of hydrogen-bond acceptors (Lipinski definition) is 4. The fraction of sp³-hybridized carbons (Fsp3) is 0.105. The van der Waals surface area contributed by atoms with E-state index in [0.29, 0.717) is 11.6 Å². The molecule has 0 amide bonds. The zero-order chi connectivity index (χ0) is 16.5. The van der Waals surface area contributed by atoms with Gasteiger partial charge in [-0.1, -0.05) is 42.0 Å². The molecule has 0 aliphatic carbocycles. The second kappa shape index (κ2) is 5.77. The Morgan fingerprint density at radius 1 is 0.875 bits per heavy atom. The van der Waals surface area contributed by atoms with Crippen molar-refractivity contribution in [2.45, 2.75) is 13.8 Å². The van der Waals surface area contributed by atoms with Crippen molar-refractivity contribution in [3.8, 4) is 11.4 Å². The molecular formula is C19H17N5. The fourth-order valence-electron chi connectivity index (χ4n) is 2.65. The summed E-state index contributed by atoms with van der Waals surface area (Å²) in [6.07, 6.45) is 0. The second-order valence-electron chi connectivity index (χ2n) is 5.79. The average molecular weight is 315 g/mol. The standard InChI is InChI=1S/C19H17N5/c1-13-7-6-8-15(11-13)18-22-19-20-14(2)12-17(24(19)23-18)21-16-9-4-3-5-10-16/h3-12,21H,1-2H3. The topological polar surface area (TPSA) is 55.1 Å². The molecule has 2 heterocycles. The Hall–Kier alpha value is -3.21. The van der Waals surface area contributed by atoms with E-state index in [2.05, 4.69) is 39.4 Å². The van der Waals surface area contributed by atoms with Gasteiger partial charge in [-0.2, -0.15) is 9.50 Å². The molecule has 0 saturated carbocycles. The number of anilines is 2. The summed E-state index contributed by atoms with van der Waals surface area (Å²) in [7, 11) is 0. The van der Waals surface area contributed by atoms with Gasteiger partial charge in [0.1, 0.15) is 5.82 Å². The maximum atomic E-state index is 4.64. The van der Waals surface area contributed by atoms with E-state index in [4.69, 9.17) is 0 Å². The molecule has 1 N–H and O–H groups in total. The molecule has 0 fully saturated rings. The van der Waals surface area contributed by atoms with Gasteiger partial charge in [0.25, 0.3) is 5.78 Å². The van der Waals surface area contributed by atoms with Crippen molar-refractivity contribution in [3.05, 3.63) is 71.9 Å². The fourth-order valence-corrected chi connectivity index (χ4v) is 2.65. The van der Waals surface area contributed by atoms with Crippen LogP contribution >= 0.6 is 0 Å². The molecule has 0 unspecified atom stereocenters. The van der Waals surface area contributed by atoms with Crippen molar-refractivity contribution < 1.29 is 0 Å². The van der Waals surface area contributed by atoms with Crippen LogP contribution in [0.4, 0.5) is 11.5 Å². The highest BCUT2D eigenvalue weighted by Gasteiger charge is 2.11. The average Bonchev–Trinajstić information content (AvgIpc) is 3.00. The molecule has 0 aliphatic heterocycles. The first-order valence-electron chi connectivity index (χ1n) is 7.82. The lowest BCUT2D eigenvalue weighted by molar-refractivity contribution is 0.940. The number of benzene rings is 2. The minimum atomic E-state index is 0.588. The highest BCUT2D eigenvalue weighted by molar-refractivity contribution is 5.62. The smallest absolute Gasteiger partial charge is 0.254 e. The third-order valence-electron chi connectivity index (χ3n) is 3.76. The molecule has 0 saturated heterocycles. The minimum Gasteiger partial charge on any atom is -0.340 e. The van der Waals surface area contributed by atoms with Crippen LogP contribution < -0.4 is 5.32 Å². The van der Waals surface area contributed by atoms with Crippen molar-refractivity contribution in [2.75, 3.05) is 5.32 Å². The van der Waals surface area contributed by atoms with Crippen molar-refractivity contribution in [3.63, 3.8) is 0 Å². The van der Waals surface area contributed by atoms with Crippen molar-refractivity contribution in [1.29, 1.82) is 0 Å². The van der Waals surface area contributed by atoms with Gasteiger partial charge in [0, 0.05) is 23.0 Å². The van der Waals surface area contributed by atoms with Gasteiger partial charge in [0.05, 0.1) is 0 Å². The van der Waals surface area contributed by atoms with Gasteiger partial charge in [0.2, 0.25) is 0 Å². The molecule has 0 aliphatic rings. The van der Waals surface area contributed by atoms with Crippen LogP contribution in [0, 0.1) is 13.8 Å². The van der Waals surface area contributed by atoms with Gasteiger partial charge in [-0.15, -0.1) is 5.10 Å². The predicted octanol–water partition coefficient (Wildman–Crippen LogP) is 4.15. The van der Waals surface area contributed by atoms with E-state index in [1.165, 1.54) is 5.56 Å². The summed E-state index contributed by atoms with van der Waals surface area (Å²) in [6.45, 7) is 4.02. The third kappa shape index (κ3) is 2.72. The number of aryl methyl sites for hydroxylation is 2. The molecule has 2 aromatic carbocycles. The van der Waals surface area contributed by atoms with Crippen LogP contribution in [0.15, 0.2) is 60.7 Å². The third-order valence-corrected chi connectivity index (χ3v) is 3.76. The molecule has 118 valence electrons. The SMILES string of the molecule is Cc1cccc(-c2nc3nc(C)cc(Nc4ccccc4)n3n2)c1. The second-order valence-corrected chi connectivity index (χ2v) is 5.79. The first-order valence-corrected chi connectivity index (χ1v) is 7.82. The number of nitrogens with one attached hydrogen (secondary N) is 1. The summed E-state index contributed by atoms with van der Waals surface area (Å²) in [5.41, 5.74) is 4.06. The number of para-hydroxylation sites is 1. The summed E-state index contributed by atoms with van der Waals surface area (Å²) >= 11 is 0. The van der Waals surface area contributed by atoms with Crippen LogP contribution in [0.2, 0.25) is 0 Å². The molecular weight excluding hydrogens is 298 g/mol. The normalized spacial score (nSPS) is 10.9. The van der Waals surface area contributed by atoms with Crippen LogP contribution in [-0.4, -0.2) is 19.6 Å². The Morgan fingerprint density at radius 3 is 2.50 bits per heavy atom. The summed E-state index contributed by atoms with van der Waals surface area (Å²) in [4.78, 5) is 9.08. The number of fused-ring (bicyclic) bond motifs is 1. The zero-order valence-electron chi connectivity index (χ0n) is 13.6. The number of hydrogen-bond donors (Lipinski definition) is 1. The molecule has 4 rings (SSSR count). The van der Waals surface area contributed by atoms with E-state index in [0.717, 1.165) is 22.8 Å². The van der Waals surface area contributed by atoms with Crippen LogP contribution in [0.5, 0.6) is 0 Å². The summed E-state index contributed by atoms with van der Waals surface area (Å²) in [6, 6.07) is 20.1. The van der Waals surface area contributed by atoms with Gasteiger partial charge in [-0.3, -0.25) is 0 Å². The van der Waals surface area contributed by atoms with E-state index in [1.807, 2.05) is 55.5 Å². The van der Waals surface area contributed by atoms with Gasteiger partial charge in [-0.05, 0) is 32.0 Å². The van der Waals surface area contributed by atoms with E-state index in [-0.39, 0.29) is 0 Å². The maximum absolute atomic E-state index is 4.64. The lowest BCUT2D eigenvalue weighted by Gasteiger charge is -2.08. The van der Waals surface area contributed by atoms with Crippen LogP contribution in [0.1, 0.15) is 11.3 Å². The molecule has 0 bridgehead atoms. The van der Waals surface area contributed by atoms with Crippen LogP contribution in [-0.2, 0) is 0 Å². The number of rotatable bonds is 3. The van der Waals surface area contributed by atoms with E-state index in [9.17, 15) is 0 Å². The Bertz CT molecular complexity index is 1000. The van der Waals surface area contributed by atoms with Gasteiger partial charge < -0.3 is 5.32 Å². The highest BCUT2D eigenvalue weighted by Crippen LogP contribution is 2.21. The van der Waals surface area contributed by atoms with E-state index >= 15 is 0 Å². The summed E-state index contributed by atoms with van der Waals surface area (Å²) in [5, 5.41) is 8.03. The summed E-state index contributed by atoms with van der Waals surface area (Å²) < 4.78 is 1.75. The van der Waals surface area contributed by atoms with Gasteiger partial charge >= 0.3 is 0 Å². The van der Waals surface area contributed by atoms with Crippen molar-refractivity contribution in [1.82, 2.24) is 19.6 Å². The molecule has 0 spiro atoms.